The third-order valence-electron chi connectivity index (χ3n) is 1.24. The van der Waals surface area contributed by atoms with Crippen LogP contribution in [0.2, 0.25) is 0 Å². The van der Waals surface area contributed by atoms with Gasteiger partial charge in [0.25, 0.3) is 0 Å². The van der Waals surface area contributed by atoms with Gasteiger partial charge >= 0.3 is 0 Å². The average molecular weight is 125 g/mol. The van der Waals surface area contributed by atoms with Crippen molar-refractivity contribution in [2.45, 2.75) is 39.0 Å². The SMILES string of the molecule is [CH2+]CCC/C=C/CCC. The van der Waals surface area contributed by atoms with Crippen molar-refractivity contribution >= 4 is 0 Å². The molecule has 0 amide bonds. The van der Waals surface area contributed by atoms with Crippen molar-refractivity contribution in [3.8, 4) is 0 Å². The molecule has 0 atom stereocenters. The highest BCUT2D eigenvalue weighted by molar-refractivity contribution is 4.80. The van der Waals surface area contributed by atoms with Gasteiger partial charge in [-0.2, -0.15) is 0 Å². The molecule has 0 nitrogen and oxygen atoms in total. The van der Waals surface area contributed by atoms with E-state index < -0.39 is 0 Å². The van der Waals surface area contributed by atoms with Gasteiger partial charge in [-0.3, -0.25) is 0 Å². The van der Waals surface area contributed by atoms with Gasteiger partial charge in [0, 0.05) is 0 Å². The lowest BCUT2D eigenvalue weighted by Crippen LogP contribution is -1.67. The molecule has 9 heavy (non-hydrogen) atoms. The summed E-state index contributed by atoms with van der Waals surface area (Å²) >= 11 is 0. The monoisotopic (exact) mass is 125 g/mol. The van der Waals surface area contributed by atoms with Crippen LogP contribution in [-0.4, -0.2) is 0 Å². The average Bonchev–Trinajstić information content (AvgIpc) is 1.89. The van der Waals surface area contributed by atoms with E-state index in [0.29, 0.717) is 0 Å². The molecule has 0 aromatic carbocycles. The van der Waals surface area contributed by atoms with Crippen LogP contribution in [0.4, 0.5) is 0 Å². The molecule has 0 fully saturated rings. The van der Waals surface area contributed by atoms with Gasteiger partial charge in [-0.15, -0.1) is 0 Å². The Morgan fingerprint density at radius 2 is 1.89 bits per heavy atom. The smallest absolute Gasteiger partial charge is 0.0853 e. The molecule has 0 saturated heterocycles. The summed E-state index contributed by atoms with van der Waals surface area (Å²) in [6.45, 7) is 5.97. The van der Waals surface area contributed by atoms with Crippen molar-refractivity contribution in [2.75, 3.05) is 0 Å². The zero-order valence-electron chi connectivity index (χ0n) is 6.40. The summed E-state index contributed by atoms with van der Waals surface area (Å²) in [4.78, 5) is 0. The standard InChI is InChI=1S/C9H17/c1-3-5-7-9-8-6-4-2/h8-9H,1,3-7H2,2H3/q+1/b9-8+. The quantitative estimate of drug-likeness (QED) is 0.300. The number of hydrogen-bond acceptors (Lipinski definition) is 0. The predicted octanol–water partition coefficient (Wildman–Crippen LogP) is 3.35. The van der Waals surface area contributed by atoms with Crippen LogP contribution in [0.3, 0.4) is 0 Å². The molecule has 0 rings (SSSR count). The molecule has 0 spiro atoms. The lowest BCUT2D eigenvalue weighted by molar-refractivity contribution is 0.857. The summed E-state index contributed by atoms with van der Waals surface area (Å²) in [6, 6.07) is 0. The van der Waals surface area contributed by atoms with Gasteiger partial charge in [0.1, 0.15) is 0 Å². The van der Waals surface area contributed by atoms with Gasteiger partial charge in [-0.05, 0) is 19.3 Å². The second-order valence-corrected chi connectivity index (χ2v) is 2.26. The molecule has 0 N–H and O–H groups in total. The van der Waals surface area contributed by atoms with E-state index in [2.05, 4.69) is 26.0 Å². The molecular weight excluding hydrogens is 108 g/mol. The molecular formula is C9H17+. The third-order valence-corrected chi connectivity index (χ3v) is 1.24. The molecule has 0 aliphatic carbocycles. The zero-order valence-corrected chi connectivity index (χ0v) is 6.40. The fourth-order valence-electron chi connectivity index (χ4n) is 0.665. The summed E-state index contributed by atoms with van der Waals surface area (Å²) in [5.41, 5.74) is 0. The molecule has 0 aromatic heterocycles. The summed E-state index contributed by atoms with van der Waals surface area (Å²) in [6.07, 6.45) is 10.5. The molecule has 0 aromatic rings. The Bertz CT molecular complexity index is 62.4. The lowest BCUT2D eigenvalue weighted by atomic mass is 10.2. The highest BCUT2D eigenvalue weighted by Gasteiger charge is 1.80. The maximum atomic E-state index is 3.77. The van der Waals surface area contributed by atoms with Crippen LogP contribution in [-0.2, 0) is 0 Å². The summed E-state index contributed by atoms with van der Waals surface area (Å²) < 4.78 is 0. The van der Waals surface area contributed by atoms with Crippen LogP contribution in [0.15, 0.2) is 12.2 Å². The third kappa shape index (κ3) is 7.61. The zero-order chi connectivity index (χ0) is 6.95. The van der Waals surface area contributed by atoms with Gasteiger partial charge < -0.3 is 0 Å². The molecule has 52 valence electrons. The second kappa shape index (κ2) is 7.61. The molecule has 0 heterocycles. The van der Waals surface area contributed by atoms with Crippen molar-refractivity contribution in [1.82, 2.24) is 0 Å². The Labute approximate surface area is 59.0 Å². The van der Waals surface area contributed by atoms with E-state index in [1.807, 2.05) is 0 Å². The number of allylic oxidation sites excluding steroid dienone is 2. The van der Waals surface area contributed by atoms with Gasteiger partial charge in [0.2, 0.25) is 0 Å². The lowest BCUT2D eigenvalue weighted by Gasteiger charge is -1.84. The molecule has 0 unspecified atom stereocenters. The van der Waals surface area contributed by atoms with E-state index in [-0.39, 0.29) is 0 Å². The highest BCUT2D eigenvalue weighted by Crippen LogP contribution is 1.96. The molecule has 0 radical (unpaired) electrons. The molecule has 0 aliphatic heterocycles. The largest absolute Gasteiger partial charge is 0.0885 e. The fraction of sp³-hybridized carbons (Fsp3) is 0.667. The topological polar surface area (TPSA) is 0 Å². The second-order valence-electron chi connectivity index (χ2n) is 2.26. The van der Waals surface area contributed by atoms with E-state index in [9.17, 15) is 0 Å². The van der Waals surface area contributed by atoms with Crippen LogP contribution < -0.4 is 0 Å². The highest BCUT2D eigenvalue weighted by atomic mass is 13.8. The van der Waals surface area contributed by atoms with E-state index >= 15 is 0 Å². The number of unbranched alkanes of at least 4 members (excludes halogenated alkanes) is 3. The minimum absolute atomic E-state index is 1.07. The van der Waals surface area contributed by atoms with Crippen molar-refractivity contribution in [3.05, 3.63) is 19.1 Å². The first-order valence-corrected chi connectivity index (χ1v) is 3.86. The molecule has 0 aliphatic rings. The first-order valence-electron chi connectivity index (χ1n) is 3.86. The Kier molecular flexibility index (Phi) is 7.28. The van der Waals surface area contributed by atoms with Crippen molar-refractivity contribution in [2.24, 2.45) is 0 Å². The van der Waals surface area contributed by atoms with Crippen LogP contribution in [0.5, 0.6) is 0 Å². The molecule has 0 bridgehead atoms. The van der Waals surface area contributed by atoms with E-state index in [1.54, 1.807) is 0 Å². The Balaban J connectivity index is 2.86. The Hall–Kier alpha value is -0.390. The van der Waals surface area contributed by atoms with Crippen LogP contribution >= 0.6 is 0 Å². The van der Waals surface area contributed by atoms with E-state index in [1.165, 1.54) is 25.7 Å². The van der Waals surface area contributed by atoms with E-state index in [0.717, 1.165) is 6.42 Å². The van der Waals surface area contributed by atoms with Gasteiger partial charge in [0.05, 0.1) is 13.3 Å². The van der Waals surface area contributed by atoms with Crippen molar-refractivity contribution in [3.63, 3.8) is 0 Å². The predicted molar refractivity (Wildman–Crippen MR) is 43.3 cm³/mol. The van der Waals surface area contributed by atoms with Crippen LogP contribution in [0.25, 0.3) is 0 Å². The van der Waals surface area contributed by atoms with Gasteiger partial charge in [-0.1, -0.05) is 25.5 Å². The first kappa shape index (κ1) is 8.61. The van der Waals surface area contributed by atoms with Crippen molar-refractivity contribution in [1.29, 1.82) is 0 Å². The molecule has 0 saturated carbocycles. The number of hydrogen-bond donors (Lipinski definition) is 0. The number of rotatable bonds is 5. The fourth-order valence-corrected chi connectivity index (χ4v) is 0.665. The summed E-state index contributed by atoms with van der Waals surface area (Å²) in [5.74, 6) is 0. The first-order chi connectivity index (χ1) is 4.41. The molecule has 0 heteroatoms. The van der Waals surface area contributed by atoms with Gasteiger partial charge in [-0.25, -0.2) is 0 Å². The maximum Gasteiger partial charge on any atom is 0.0853 e. The van der Waals surface area contributed by atoms with Crippen LogP contribution in [0.1, 0.15) is 39.0 Å². The Morgan fingerprint density at radius 3 is 2.44 bits per heavy atom. The van der Waals surface area contributed by atoms with Gasteiger partial charge in [0.15, 0.2) is 0 Å². The normalized spacial score (nSPS) is 10.8. The summed E-state index contributed by atoms with van der Waals surface area (Å²) in [5, 5.41) is 0. The maximum absolute atomic E-state index is 3.77. The van der Waals surface area contributed by atoms with Crippen molar-refractivity contribution < 1.29 is 0 Å². The minimum atomic E-state index is 1.07. The van der Waals surface area contributed by atoms with E-state index in [4.69, 9.17) is 0 Å². The summed E-state index contributed by atoms with van der Waals surface area (Å²) in [7, 11) is 0. The minimum Gasteiger partial charge on any atom is -0.0885 e. The Morgan fingerprint density at radius 1 is 1.22 bits per heavy atom. The van der Waals surface area contributed by atoms with Crippen LogP contribution in [0, 0.1) is 6.92 Å².